The summed E-state index contributed by atoms with van der Waals surface area (Å²) in [4.78, 5) is 8.30. The van der Waals surface area contributed by atoms with E-state index < -0.39 is 0 Å². The summed E-state index contributed by atoms with van der Waals surface area (Å²) < 4.78 is 0.809. The Labute approximate surface area is 115 Å². The van der Waals surface area contributed by atoms with Crippen LogP contribution < -0.4 is 5.32 Å². The highest BCUT2D eigenvalue weighted by molar-refractivity contribution is 9.10. The van der Waals surface area contributed by atoms with E-state index in [1.807, 2.05) is 6.07 Å². The van der Waals surface area contributed by atoms with Gasteiger partial charge in [-0.05, 0) is 46.3 Å². The Morgan fingerprint density at radius 2 is 2.11 bits per heavy atom. The zero-order valence-corrected chi connectivity index (χ0v) is 11.5. The molecule has 0 aliphatic heterocycles. The van der Waals surface area contributed by atoms with Gasteiger partial charge in [-0.15, -0.1) is 0 Å². The lowest BCUT2D eigenvalue weighted by Gasteiger charge is -2.26. The smallest absolute Gasteiger partial charge is 0.130 e. The fourth-order valence-electron chi connectivity index (χ4n) is 2.49. The lowest BCUT2D eigenvalue weighted by molar-refractivity contribution is 0.598. The summed E-state index contributed by atoms with van der Waals surface area (Å²) in [6.45, 7) is 0. The number of hydrogen-bond donors (Lipinski definition) is 1. The van der Waals surface area contributed by atoms with Crippen molar-refractivity contribution in [3.05, 3.63) is 52.4 Å². The Morgan fingerprint density at radius 1 is 1.22 bits per heavy atom. The highest BCUT2D eigenvalue weighted by atomic mass is 79.9. The quantitative estimate of drug-likeness (QED) is 0.859. The second-order valence-electron chi connectivity index (χ2n) is 4.51. The van der Waals surface area contributed by atoms with Crippen molar-refractivity contribution in [3.8, 4) is 0 Å². The molecule has 1 N–H and O–H groups in total. The van der Waals surface area contributed by atoms with Crippen LogP contribution in [0.1, 0.15) is 30.0 Å². The van der Waals surface area contributed by atoms with Crippen LogP contribution in [0, 0.1) is 0 Å². The maximum Gasteiger partial charge on any atom is 0.130 e. The number of anilines is 1. The van der Waals surface area contributed by atoms with Crippen LogP contribution >= 0.6 is 15.9 Å². The average molecular weight is 304 g/mol. The summed E-state index contributed by atoms with van der Waals surface area (Å²) in [6, 6.07) is 10.9. The van der Waals surface area contributed by atoms with Gasteiger partial charge < -0.3 is 5.32 Å². The molecule has 1 unspecified atom stereocenters. The predicted molar refractivity (Wildman–Crippen MR) is 75.5 cm³/mol. The van der Waals surface area contributed by atoms with Gasteiger partial charge in [0.15, 0.2) is 0 Å². The summed E-state index contributed by atoms with van der Waals surface area (Å²) in [5, 5.41) is 3.50. The summed E-state index contributed by atoms with van der Waals surface area (Å²) >= 11 is 3.37. The summed E-state index contributed by atoms with van der Waals surface area (Å²) in [5.41, 5.74) is 2.85. The molecule has 0 bridgehead atoms. The molecule has 0 radical (unpaired) electrons. The summed E-state index contributed by atoms with van der Waals surface area (Å²) in [7, 11) is 0. The van der Waals surface area contributed by atoms with Gasteiger partial charge in [0.2, 0.25) is 0 Å². The first kappa shape index (κ1) is 11.7. The summed E-state index contributed by atoms with van der Waals surface area (Å²) in [6.07, 6.45) is 5.13. The van der Waals surface area contributed by atoms with E-state index in [9.17, 15) is 0 Å². The van der Waals surface area contributed by atoms with Crippen molar-refractivity contribution < 1.29 is 0 Å². The van der Waals surface area contributed by atoms with Gasteiger partial charge in [-0.3, -0.25) is 0 Å². The third-order valence-electron chi connectivity index (χ3n) is 3.33. The first-order valence-corrected chi connectivity index (χ1v) is 6.94. The van der Waals surface area contributed by atoms with Crippen molar-refractivity contribution in [2.75, 3.05) is 5.32 Å². The molecule has 3 nitrogen and oxygen atoms in total. The predicted octanol–water partition coefficient (Wildman–Crippen LogP) is 3.73. The molecule has 18 heavy (non-hydrogen) atoms. The standard InChI is InChI=1S/C14H14BrN3/c15-13-8-14(17-9-16-13)18-12-7-3-5-10-4-1-2-6-11(10)12/h1-2,4,6,8-9,12H,3,5,7H2,(H,16,17,18). The van der Waals surface area contributed by atoms with Crippen LogP contribution in [0.25, 0.3) is 0 Å². The van der Waals surface area contributed by atoms with Crippen LogP contribution in [0.2, 0.25) is 0 Å². The zero-order valence-electron chi connectivity index (χ0n) is 9.94. The molecule has 1 aromatic heterocycles. The molecular formula is C14H14BrN3. The lowest BCUT2D eigenvalue weighted by Crippen LogP contribution is -2.17. The van der Waals surface area contributed by atoms with Gasteiger partial charge in [-0.2, -0.15) is 0 Å². The Hall–Kier alpha value is -1.42. The molecule has 1 aromatic carbocycles. The molecule has 0 saturated carbocycles. The van der Waals surface area contributed by atoms with Crippen molar-refractivity contribution in [1.82, 2.24) is 9.97 Å². The van der Waals surface area contributed by atoms with Crippen LogP contribution in [-0.2, 0) is 6.42 Å². The monoisotopic (exact) mass is 303 g/mol. The van der Waals surface area contributed by atoms with Crippen LogP contribution in [0.5, 0.6) is 0 Å². The van der Waals surface area contributed by atoms with Crippen molar-refractivity contribution >= 4 is 21.7 Å². The number of nitrogens with one attached hydrogen (secondary N) is 1. The fraction of sp³-hybridized carbons (Fsp3) is 0.286. The number of aryl methyl sites for hydroxylation is 1. The molecule has 2 aromatic rings. The molecule has 92 valence electrons. The first-order valence-electron chi connectivity index (χ1n) is 6.15. The van der Waals surface area contributed by atoms with Gasteiger partial charge in [0.05, 0.1) is 6.04 Å². The van der Waals surface area contributed by atoms with Crippen molar-refractivity contribution in [2.24, 2.45) is 0 Å². The highest BCUT2D eigenvalue weighted by Crippen LogP contribution is 2.31. The number of hydrogen-bond acceptors (Lipinski definition) is 3. The van der Waals surface area contributed by atoms with E-state index in [0.29, 0.717) is 6.04 Å². The van der Waals surface area contributed by atoms with E-state index in [2.05, 4.69) is 55.5 Å². The minimum atomic E-state index is 0.358. The molecule has 0 fully saturated rings. The molecule has 0 amide bonds. The highest BCUT2D eigenvalue weighted by Gasteiger charge is 2.19. The number of benzene rings is 1. The van der Waals surface area contributed by atoms with E-state index in [0.717, 1.165) is 16.8 Å². The molecule has 3 rings (SSSR count). The number of fused-ring (bicyclic) bond motifs is 1. The fourth-order valence-corrected chi connectivity index (χ4v) is 2.80. The van der Waals surface area contributed by atoms with Crippen LogP contribution in [-0.4, -0.2) is 9.97 Å². The number of nitrogens with zero attached hydrogens (tertiary/aromatic N) is 2. The van der Waals surface area contributed by atoms with Gasteiger partial charge >= 0.3 is 0 Å². The Kier molecular flexibility index (Phi) is 3.28. The van der Waals surface area contributed by atoms with Crippen molar-refractivity contribution in [3.63, 3.8) is 0 Å². The van der Waals surface area contributed by atoms with Crippen LogP contribution in [0.15, 0.2) is 41.3 Å². The SMILES string of the molecule is Brc1cc(NC2CCCc3ccccc32)ncn1. The average Bonchev–Trinajstić information content (AvgIpc) is 2.39. The maximum absolute atomic E-state index is 4.25. The molecule has 1 atom stereocenters. The molecule has 1 aliphatic rings. The van der Waals surface area contributed by atoms with E-state index in [-0.39, 0.29) is 0 Å². The topological polar surface area (TPSA) is 37.8 Å². The van der Waals surface area contributed by atoms with E-state index in [1.54, 1.807) is 6.33 Å². The van der Waals surface area contributed by atoms with Crippen LogP contribution in [0.3, 0.4) is 0 Å². The number of aromatic nitrogens is 2. The number of rotatable bonds is 2. The molecular weight excluding hydrogens is 290 g/mol. The third-order valence-corrected chi connectivity index (χ3v) is 3.76. The Bertz CT molecular complexity index is 556. The molecule has 4 heteroatoms. The number of halogens is 1. The second-order valence-corrected chi connectivity index (χ2v) is 5.33. The Morgan fingerprint density at radius 3 is 3.00 bits per heavy atom. The van der Waals surface area contributed by atoms with Crippen molar-refractivity contribution in [1.29, 1.82) is 0 Å². The van der Waals surface area contributed by atoms with Gasteiger partial charge in [-0.25, -0.2) is 9.97 Å². The third kappa shape index (κ3) is 2.38. The zero-order chi connectivity index (χ0) is 12.4. The molecule has 1 aliphatic carbocycles. The minimum absolute atomic E-state index is 0.358. The maximum atomic E-state index is 4.25. The van der Waals surface area contributed by atoms with Crippen LogP contribution in [0.4, 0.5) is 5.82 Å². The molecule has 0 spiro atoms. The first-order chi connectivity index (χ1) is 8.83. The lowest BCUT2D eigenvalue weighted by atomic mass is 9.88. The van der Waals surface area contributed by atoms with Crippen molar-refractivity contribution in [2.45, 2.75) is 25.3 Å². The van der Waals surface area contributed by atoms with E-state index in [4.69, 9.17) is 0 Å². The van der Waals surface area contributed by atoms with Gasteiger partial charge in [0.1, 0.15) is 16.7 Å². The normalized spacial score (nSPS) is 18.2. The van der Waals surface area contributed by atoms with E-state index in [1.165, 1.54) is 24.0 Å². The minimum Gasteiger partial charge on any atom is -0.363 e. The molecule has 1 heterocycles. The van der Waals surface area contributed by atoms with Gasteiger partial charge in [-0.1, -0.05) is 24.3 Å². The summed E-state index contributed by atoms with van der Waals surface area (Å²) in [5.74, 6) is 0.874. The van der Waals surface area contributed by atoms with Gasteiger partial charge in [0.25, 0.3) is 0 Å². The molecule has 0 saturated heterocycles. The largest absolute Gasteiger partial charge is 0.363 e. The Balaban J connectivity index is 1.86. The van der Waals surface area contributed by atoms with E-state index >= 15 is 0 Å². The van der Waals surface area contributed by atoms with Gasteiger partial charge in [0, 0.05) is 6.07 Å². The second kappa shape index (κ2) is 5.06.